The van der Waals surface area contributed by atoms with E-state index in [9.17, 15) is 16.8 Å². The van der Waals surface area contributed by atoms with Gasteiger partial charge < -0.3 is 0 Å². The predicted molar refractivity (Wildman–Crippen MR) is 229 cm³/mol. The number of hydrogen-bond donors (Lipinski definition) is 0. The highest BCUT2D eigenvalue weighted by Crippen LogP contribution is 2.54. The molecule has 0 atom stereocenters. The molecule has 52 heavy (non-hydrogen) atoms. The van der Waals surface area contributed by atoms with Gasteiger partial charge in [-0.25, -0.2) is 16.8 Å². The fourth-order valence-corrected chi connectivity index (χ4v) is 16.8. The Bertz CT molecular complexity index is 2130. The van der Waals surface area contributed by atoms with E-state index in [1.807, 2.05) is 62.4 Å². The van der Waals surface area contributed by atoms with Crippen molar-refractivity contribution in [3.8, 4) is 9.75 Å². The van der Waals surface area contributed by atoms with E-state index < -0.39 is 19.7 Å². The Morgan fingerprint density at radius 3 is 0.885 bits per heavy atom. The molecule has 0 saturated carbocycles. The first-order valence-corrected chi connectivity index (χ1v) is 25.0. The molecule has 0 fully saturated rings. The van der Waals surface area contributed by atoms with Crippen molar-refractivity contribution < 1.29 is 16.8 Å². The van der Waals surface area contributed by atoms with Gasteiger partial charge in [0.1, 0.15) is 0 Å². The second-order valence-electron chi connectivity index (χ2n) is 13.8. The summed E-state index contributed by atoms with van der Waals surface area (Å²) in [5.41, 5.74) is 3.98. The minimum Gasteiger partial charge on any atom is -0.218 e. The minimum absolute atomic E-state index is 0.477. The summed E-state index contributed by atoms with van der Waals surface area (Å²) in [6.45, 7) is 12.7. The van der Waals surface area contributed by atoms with Crippen LogP contribution in [-0.4, -0.2) is 16.8 Å². The summed E-state index contributed by atoms with van der Waals surface area (Å²) >= 11 is 6.14. The second kappa shape index (κ2) is 16.6. The van der Waals surface area contributed by atoms with Crippen LogP contribution in [0, 0.1) is 13.8 Å². The molecule has 6 heterocycles. The molecule has 0 amide bonds. The summed E-state index contributed by atoms with van der Waals surface area (Å²) < 4.78 is 58.6. The SMILES string of the molecule is CCCCC1=C(c2ccc(C)s2)S(=O)(=O)C(c2ccc(-c3ccc(C4=C(CCCC)C(CCCC)=C(c5ccc(C)s5)S4(=O)=O)s3)s2)=C1CCCC. The van der Waals surface area contributed by atoms with Crippen LogP contribution in [0.15, 0.2) is 70.8 Å². The van der Waals surface area contributed by atoms with Crippen molar-refractivity contribution in [2.45, 2.75) is 119 Å². The first-order chi connectivity index (χ1) is 25.0. The molecular formula is C42H50O4S6. The Balaban J connectivity index is 1.43. The van der Waals surface area contributed by atoms with Gasteiger partial charge in [0.05, 0.1) is 19.6 Å². The lowest BCUT2D eigenvalue weighted by molar-refractivity contribution is 0.613. The molecule has 4 nitrogen and oxygen atoms in total. The van der Waals surface area contributed by atoms with Crippen LogP contribution < -0.4 is 0 Å². The number of thiophene rings is 4. The van der Waals surface area contributed by atoms with E-state index in [1.165, 1.54) is 22.7 Å². The average molecular weight is 811 g/mol. The molecule has 10 heteroatoms. The average Bonchev–Trinajstić information content (AvgIpc) is 3.95. The Morgan fingerprint density at radius 1 is 0.385 bits per heavy atom. The van der Waals surface area contributed by atoms with Gasteiger partial charge in [0, 0.05) is 39.0 Å². The third kappa shape index (κ3) is 7.50. The fourth-order valence-electron chi connectivity index (χ4n) is 7.30. The minimum atomic E-state index is -3.74. The molecule has 278 valence electrons. The van der Waals surface area contributed by atoms with Gasteiger partial charge in [0.2, 0.25) is 19.7 Å². The molecule has 0 aliphatic carbocycles. The van der Waals surface area contributed by atoms with Crippen molar-refractivity contribution in [3.05, 3.63) is 100 Å². The van der Waals surface area contributed by atoms with Crippen molar-refractivity contribution in [2.24, 2.45) is 0 Å². The lowest BCUT2D eigenvalue weighted by Crippen LogP contribution is -2.01. The lowest BCUT2D eigenvalue weighted by atomic mass is 9.94. The van der Waals surface area contributed by atoms with Gasteiger partial charge in [0.15, 0.2) is 0 Å². The van der Waals surface area contributed by atoms with Gasteiger partial charge >= 0.3 is 0 Å². The Labute approximate surface area is 327 Å². The number of rotatable bonds is 17. The van der Waals surface area contributed by atoms with Crippen LogP contribution in [0.3, 0.4) is 0 Å². The fraction of sp³-hybridized carbons (Fsp3) is 0.429. The standard InChI is InChI=1S/C42H50O4S6/c1-7-11-15-29-31(17-13-9-3)41(51(43,44)39(29)35-21-19-27(5)47-35)37-25-23-33(49-37)34-24-26-38(50-34)42-32(18-14-10-4)30(16-12-8-2)40(52(42,45)46)36-22-20-28(6)48-36/h19-26H,7-18H2,1-6H3. The van der Waals surface area contributed by atoms with E-state index in [0.29, 0.717) is 19.6 Å². The Hall–Kier alpha value is -2.34. The first-order valence-electron chi connectivity index (χ1n) is 18.8. The van der Waals surface area contributed by atoms with Crippen LogP contribution >= 0.6 is 45.3 Å². The molecule has 2 aliphatic rings. The predicted octanol–water partition coefficient (Wildman–Crippen LogP) is 14.1. The topological polar surface area (TPSA) is 68.3 Å². The normalized spacial score (nSPS) is 17.1. The van der Waals surface area contributed by atoms with Gasteiger partial charge in [-0.05, 0) is 136 Å². The largest absolute Gasteiger partial charge is 0.218 e. The maximum atomic E-state index is 14.6. The van der Waals surface area contributed by atoms with E-state index in [0.717, 1.165) is 138 Å². The summed E-state index contributed by atoms with van der Waals surface area (Å²) in [7, 11) is -7.48. The van der Waals surface area contributed by atoms with Crippen molar-refractivity contribution >= 4 is 84.6 Å². The number of sulfone groups is 2. The summed E-state index contributed by atoms with van der Waals surface area (Å²) in [4.78, 5) is 9.29. The Kier molecular flexibility index (Phi) is 12.5. The summed E-state index contributed by atoms with van der Waals surface area (Å²) in [6.07, 6.45) is 10.7. The monoisotopic (exact) mass is 810 g/mol. The first kappa shape index (κ1) is 39.4. The molecular weight excluding hydrogens is 761 g/mol. The van der Waals surface area contributed by atoms with Crippen molar-refractivity contribution in [3.63, 3.8) is 0 Å². The third-order valence-electron chi connectivity index (χ3n) is 9.85. The van der Waals surface area contributed by atoms with Gasteiger partial charge in [0.25, 0.3) is 0 Å². The van der Waals surface area contributed by atoms with E-state index in [1.54, 1.807) is 22.7 Å². The zero-order valence-corrected chi connectivity index (χ0v) is 36.1. The second-order valence-corrected chi connectivity index (χ2v) is 22.2. The van der Waals surface area contributed by atoms with Crippen LogP contribution in [0.2, 0.25) is 0 Å². The van der Waals surface area contributed by atoms with Crippen LogP contribution in [-0.2, 0) is 19.7 Å². The summed E-state index contributed by atoms with van der Waals surface area (Å²) in [5, 5.41) is 0. The van der Waals surface area contributed by atoms with E-state index in [4.69, 9.17) is 0 Å². The molecule has 0 aromatic carbocycles. The highest BCUT2D eigenvalue weighted by molar-refractivity contribution is 8.10. The molecule has 4 aromatic heterocycles. The molecule has 0 N–H and O–H groups in total. The highest BCUT2D eigenvalue weighted by Gasteiger charge is 2.42. The third-order valence-corrected chi connectivity index (χ3v) is 18.8. The molecule has 0 radical (unpaired) electrons. The molecule has 0 saturated heterocycles. The number of allylic oxidation sites excluding steroid dienone is 4. The number of aryl methyl sites for hydroxylation is 2. The lowest BCUT2D eigenvalue weighted by Gasteiger charge is -2.10. The maximum absolute atomic E-state index is 14.6. The van der Waals surface area contributed by atoms with Crippen molar-refractivity contribution in [1.29, 1.82) is 0 Å². The van der Waals surface area contributed by atoms with E-state index in [2.05, 4.69) is 27.7 Å². The van der Waals surface area contributed by atoms with Gasteiger partial charge in [-0.2, -0.15) is 0 Å². The van der Waals surface area contributed by atoms with Crippen LogP contribution in [0.25, 0.3) is 29.4 Å². The van der Waals surface area contributed by atoms with Crippen LogP contribution in [0.1, 0.15) is 134 Å². The molecule has 0 unspecified atom stereocenters. The van der Waals surface area contributed by atoms with E-state index in [-0.39, 0.29) is 0 Å². The van der Waals surface area contributed by atoms with Gasteiger partial charge in [-0.3, -0.25) is 0 Å². The van der Waals surface area contributed by atoms with Gasteiger partial charge in [-0.15, -0.1) is 45.3 Å². The molecule has 2 aliphatic heterocycles. The number of unbranched alkanes of at least 4 members (excludes halogenated alkanes) is 4. The molecule has 4 aromatic rings. The van der Waals surface area contributed by atoms with Crippen molar-refractivity contribution in [2.75, 3.05) is 0 Å². The van der Waals surface area contributed by atoms with Crippen LogP contribution in [0.4, 0.5) is 0 Å². The maximum Gasteiger partial charge on any atom is 0.209 e. The quantitative estimate of drug-likeness (QED) is 0.106. The number of hydrogen-bond acceptors (Lipinski definition) is 8. The summed E-state index contributed by atoms with van der Waals surface area (Å²) in [6, 6.07) is 16.0. The van der Waals surface area contributed by atoms with Gasteiger partial charge in [-0.1, -0.05) is 53.4 Å². The smallest absolute Gasteiger partial charge is 0.209 e. The highest BCUT2D eigenvalue weighted by atomic mass is 32.2. The molecule has 0 bridgehead atoms. The molecule has 0 spiro atoms. The van der Waals surface area contributed by atoms with Crippen LogP contribution in [0.5, 0.6) is 0 Å². The summed E-state index contributed by atoms with van der Waals surface area (Å²) in [5.74, 6) is 0. The molecule has 6 rings (SSSR count). The van der Waals surface area contributed by atoms with Crippen molar-refractivity contribution in [1.82, 2.24) is 0 Å². The zero-order valence-electron chi connectivity index (χ0n) is 31.2. The zero-order chi connectivity index (χ0) is 37.2. The Morgan fingerprint density at radius 2 is 0.635 bits per heavy atom. The van der Waals surface area contributed by atoms with E-state index >= 15 is 0 Å².